The third-order valence-corrected chi connectivity index (χ3v) is 0.489. The van der Waals surface area contributed by atoms with Crippen molar-refractivity contribution in [2.75, 3.05) is 13.2 Å². The highest BCUT2D eigenvalue weighted by Gasteiger charge is 1.95. The normalized spacial score (nSPS) is 6.27. The zero-order valence-corrected chi connectivity index (χ0v) is 7.84. The van der Waals surface area contributed by atoms with E-state index in [-0.39, 0.29) is 13.2 Å². The summed E-state index contributed by atoms with van der Waals surface area (Å²) in [5.74, 6) is -1.23. The average molecular weight is 216 g/mol. The van der Waals surface area contributed by atoms with Crippen LogP contribution < -0.4 is 11.5 Å². The second kappa shape index (κ2) is 17.6. The Balaban J connectivity index is -0.000000200. The Hall–Kier alpha value is -2.38. The summed E-state index contributed by atoms with van der Waals surface area (Å²) in [7, 11) is 0. The Kier molecular flexibility index (Phi) is 21.7. The Morgan fingerprint density at radius 3 is 1.40 bits per heavy atom. The highest BCUT2D eigenvalue weighted by Crippen LogP contribution is 1.69. The number of carbonyl (C=O) groups is 2. The first-order chi connectivity index (χ1) is 6.95. The van der Waals surface area contributed by atoms with E-state index in [1.165, 1.54) is 12.2 Å². The molecule has 0 rings (SSSR count). The molecule has 7 nitrogen and oxygen atoms in total. The van der Waals surface area contributed by atoms with E-state index in [4.69, 9.17) is 10.2 Å². The molecule has 0 aliphatic rings. The van der Waals surface area contributed by atoms with Gasteiger partial charge in [-0.1, -0.05) is 12.8 Å². The Labute approximate surface area is 87.0 Å². The molecule has 0 aromatic rings. The second-order valence-electron chi connectivity index (χ2n) is 1.68. The number of terminal acetylenes is 2. The minimum absolute atomic E-state index is 0.261. The molecule has 0 aromatic carbocycles. The van der Waals surface area contributed by atoms with Crippen molar-refractivity contribution in [3.63, 3.8) is 0 Å². The van der Waals surface area contributed by atoms with E-state index in [1.807, 2.05) is 0 Å². The van der Waals surface area contributed by atoms with Gasteiger partial charge in [-0.05, 0) is 0 Å². The molecule has 0 saturated carbocycles. The van der Waals surface area contributed by atoms with Crippen LogP contribution in [0, 0.1) is 25.1 Å². The van der Waals surface area contributed by atoms with Gasteiger partial charge in [0.2, 0.25) is 11.8 Å². The maximum Gasteiger partial charge on any atom is 0.243 e. The minimum atomic E-state index is -0.615. The molecule has 7 heteroatoms. The molecule has 0 spiro atoms. The fraction of sp³-hybridized carbons (Fsp3) is 0.250. The minimum Gasteiger partial charge on any atom is -0.462 e. The van der Waals surface area contributed by atoms with Crippen molar-refractivity contribution in [3.8, 4) is 25.1 Å². The smallest absolute Gasteiger partial charge is 0.243 e. The lowest BCUT2D eigenvalue weighted by molar-refractivity contribution is -0.127. The van der Waals surface area contributed by atoms with Crippen LogP contribution >= 0.6 is 0 Å². The number of aliphatic hydroxyl groups is 2. The molecule has 0 aromatic heterocycles. The summed E-state index contributed by atoms with van der Waals surface area (Å²) < 4.78 is 4.41. The molecule has 6 N–H and O–H groups in total. The molecular weight excluding hydrogens is 204 g/mol. The van der Waals surface area contributed by atoms with E-state index in [0.29, 0.717) is 0 Å². The highest BCUT2D eigenvalue weighted by molar-refractivity contribution is 5.77. The van der Waals surface area contributed by atoms with Crippen LogP contribution in [-0.4, -0.2) is 35.2 Å². The third kappa shape index (κ3) is 82.1. The maximum absolute atomic E-state index is 9.93. The van der Waals surface area contributed by atoms with Crippen molar-refractivity contribution in [1.29, 1.82) is 0 Å². The molecular formula is C8H12N2O5. The van der Waals surface area contributed by atoms with E-state index in [0.717, 1.165) is 0 Å². The predicted octanol–water partition coefficient (Wildman–Crippen LogP) is -2.13. The standard InChI is InChI=1S/C4H8N2O3.2C2H2O/c5-3(7)1-9-2-4(6)8;2*1-2-3/h1-2H2,(H2,5,7)(H2,6,8);2*1,3H. The number of amides is 2. The van der Waals surface area contributed by atoms with E-state index in [1.54, 1.807) is 0 Å². The van der Waals surface area contributed by atoms with E-state index in [2.05, 4.69) is 29.1 Å². The monoisotopic (exact) mass is 216 g/mol. The molecule has 0 atom stereocenters. The van der Waals surface area contributed by atoms with Crippen LogP contribution in [0.4, 0.5) is 0 Å². The molecule has 15 heavy (non-hydrogen) atoms. The first kappa shape index (κ1) is 18.4. The summed E-state index contributed by atoms with van der Waals surface area (Å²) in [6, 6.07) is 0. The van der Waals surface area contributed by atoms with Crippen LogP contribution in [0.3, 0.4) is 0 Å². The van der Waals surface area contributed by atoms with Gasteiger partial charge in [0.05, 0.1) is 0 Å². The second-order valence-corrected chi connectivity index (χ2v) is 1.68. The summed E-state index contributed by atoms with van der Waals surface area (Å²) >= 11 is 0. The number of hydrogen-bond donors (Lipinski definition) is 4. The third-order valence-electron chi connectivity index (χ3n) is 0.489. The quantitative estimate of drug-likeness (QED) is 0.398. The molecule has 0 bridgehead atoms. The van der Waals surface area contributed by atoms with Gasteiger partial charge in [-0.2, -0.15) is 0 Å². The van der Waals surface area contributed by atoms with Crippen molar-refractivity contribution in [2.45, 2.75) is 0 Å². The Bertz CT molecular complexity index is 225. The van der Waals surface area contributed by atoms with Gasteiger partial charge in [0.1, 0.15) is 25.4 Å². The van der Waals surface area contributed by atoms with Gasteiger partial charge in [0.15, 0.2) is 0 Å². The van der Waals surface area contributed by atoms with E-state index in [9.17, 15) is 9.59 Å². The average Bonchev–Trinajstić information content (AvgIpc) is 2.05. The van der Waals surface area contributed by atoms with Crippen molar-refractivity contribution >= 4 is 11.8 Å². The van der Waals surface area contributed by atoms with Gasteiger partial charge in [0, 0.05) is 0 Å². The van der Waals surface area contributed by atoms with Crippen molar-refractivity contribution < 1.29 is 24.5 Å². The van der Waals surface area contributed by atoms with Crippen molar-refractivity contribution in [3.05, 3.63) is 0 Å². The van der Waals surface area contributed by atoms with E-state index < -0.39 is 11.8 Å². The largest absolute Gasteiger partial charge is 0.462 e. The van der Waals surface area contributed by atoms with Crippen molar-refractivity contribution in [1.82, 2.24) is 0 Å². The van der Waals surface area contributed by atoms with Crippen LogP contribution in [-0.2, 0) is 14.3 Å². The zero-order chi connectivity index (χ0) is 12.7. The lowest BCUT2D eigenvalue weighted by Gasteiger charge is -1.94. The summed E-state index contributed by atoms with van der Waals surface area (Å²) in [6.45, 7) is -0.522. The first-order valence-corrected chi connectivity index (χ1v) is 3.29. The highest BCUT2D eigenvalue weighted by atomic mass is 16.5. The molecule has 0 radical (unpaired) electrons. The SMILES string of the molecule is C#CO.C#CO.NC(=O)COCC(N)=O. The van der Waals surface area contributed by atoms with E-state index >= 15 is 0 Å². The molecule has 0 heterocycles. The molecule has 0 aliphatic carbocycles. The van der Waals surface area contributed by atoms with Gasteiger partial charge in [-0.25, -0.2) is 0 Å². The van der Waals surface area contributed by atoms with Gasteiger partial charge in [0.25, 0.3) is 0 Å². The number of hydrogen-bond acceptors (Lipinski definition) is 5. The van der Waals surface area contributed by atoms with Gasteiger partial charge >= 0.3 is 0 Å². The van der Waals surface area contributed by atoms with Gasteiger partial charge in [-0.3, -0.25) is 9.59 Å². The van der Waals surface area contributed by atoms with Crippen LogP contribution in [0.5, 0.6) is 0 Å². The predicted molar refractivity (Wildman–Crippen MR) is 50.7 cm³/mol. The zero-order valence-electron chi connectivity index (χ0n) is 7.84. The number of ether oxygens (including phenoxy) is 1. The molecule has 84 valence electrons. The maximum atomic E-state index is 9.93. The number of primary amides is 2. The molecule has 0 saturated heterocycles. The lowest BCUT2D eigenvalue weighted by Crippen LogP contribution is -2.24. The summed E-state index contributed by atoms with van der Waals surface area (Å²) in [6.07, 6.45) is 10.8. The Morgan fingerprint density at radius 1 is 1.07 bits per heavy atom. The van der Waals surface area contributed by atoms with Crippen LogP contribution in [0.15, 0.2) is 0 Å². The van der Waals surface area contributed by atoms with Gasteiger partial charge < -0.3 is 26.4 Å². The van der Waals surface area contributed by atoms with Crippen LogP contribution in [0.25, 0.3) is 0 Å². The molecule has 2 amide bonds. The lowest BCUT2D eigenvalue weighted by atomic mass is 10.6. The first-order valence-electron chi connectivity index (χ1n) is 3.29. The topological polar surface area (TPSA) is 136 Å². The summed E-state index contributed by atoms with van der Waals surface area (Å²) in [4.78, 5) is 19.9. The van der Waals surface area contributed by atoms with Crippen molar-refractivity contribution in [2.24, 2.45) is 11.5 Å². The number of carbonyl (C=O) groups excluding carboxylic acids is 2. The van der Waals surface area contributed by atoms with Gasteiger partial charge in [-0.15, -0.1) is 0 Å². The number of aliphatic hydroxyl groups excluding tert-OH is 2. The number of rotatable bonds is 4. The summed E-state index contributed by atoms with van der Waals surface area (Å²) in [5.41, 5.74) is 9.33. The van der Waals surface area contributed by atoms with Crippen LogP contribution in [0.1, 0.15) is 0 Å². The molecule has 0 fully saturated rings. The fourth-order valence-electron chi connectivity index (χ4n) is 0.252. The Morgan fingerprint density at radius 2 is 1.27 bits per heavy atom. The number of nitrogens with two attached hydrogens (primary N) is 2. The summed E-state index contributed by atoms with van der Waals surface area (Å²) in [5, 5.41) is 14.2. The molecule has 0 aliphatic heterocycles. The fourth-order valence-corrected chi connectivity index (χ4v) is 0.252. The van der Waals surface area contributed by atoms with Crippen LogP contribution in [0.2, 0.25) is 0 Å². The molecule has 0 unspecified atom stereocenters.